The van der Waals surface area contributed by atoms with Gasteiger partial charge in [0.25, 0.3) is 17.7 Å². The van der Waals surface area contributed by atoms with E-state index in [0.29, 0.717) is 36.2 Å². The predicted molar refractivity (Wildman–Crippen MR) is 187 cm³/mol. The van der Waals surface area contributed by atoms with Gasteiger partial charge in [-0.2, -0.15) is 0 Å². The van der Waals surface area contributed by atoms with Crippen LogP contribution in [0.5, 0.6) is 11.5 Å². The van der Waals surface area contributed by atoms with Gasteiger partial charge in [0, 0.05) is 29.5 Å². The van der Waals surface area contributed by atoms with Gasteiger partial charge in [-0.15, -0.1) is 23.1 Å². The summed E-state index contributed by atoms with van der Waals surface area (Å²) in [5.41, 5.74) is 3.73. The Bertz CT molecular complexity index is 1860. The van der Waals surface area contributed by atoms with Crippen LogP contribution in [0.1, 0.15) is 42.7 Å². The van der Waals surface area contributed by atoms with E-state index in [1.165, 1.54) is 31.0 Å². The molecule has 274 valence electrons. The third kappa shape index (κ3) is 7.67. The van der Waals surface area contributed by atoms with Crippen molar-refractivity contribution in [2.24, 2.45) is 5.16 Å². The number of nitrogen functional groups attached to an aromatic ring is 1. The normalized spacial score (nSPS) is 20.0. The molecule has 2 saturated heterocycles. The molecule has 0 aliphatic carbocycles. The number of thiazole rings is 1. The molecule has 1 aromatic carbocycles. The zero-order chi connectivity index (χ0) is 37.4. The summed E-state index contributed by atoms with van der Waals surface area (Å²) in [7, 11) is 0. The van der Waals surface area contributed by atoms with Gasteiger partial charge in [0.2, 0.25) is 5.60 Å². The van der Waals surface area contributed by atoms with Crippen LogP contribution in [0.3, 0.4) is 0 Å². The Morgan fingerprint density at radius 1 is 1.18 bits per heavy atom. The fourth-order valence-electron chi connectivity index (χ4n) is 5.96. The first kappa shape index (κ1) is 37.9. The van der Waals surface area contributed by atoms with E-state index in [-0.39, 0.29) is 44.4 Å². The molecule has 0 radical (unpaired) electrons. The highest BCUT2D eigenvalue weighted by Gasteiger charge is 2.55. The molecular formula is C30H34Cl2N7O10S2+. The van der Waals surface area contributed by atoms with Crippen LogP contribution in [0.2, 0.25) is 10.0 Å². The summed E-state index contributed by atoms with van der Waals surface area (Å²) in [6, 6.07) is 0.0153. The van der Waals surface area contributed by atoms with Crippen molar-refractivity contribution in [2.45, 2.75) is 43.7 Å². The minimum absolute atomic E-state index is 0.00606. The number of carboxylic acids is 2. The SMILES string of the molecule is CC(C)(O/N=C(\C(=O)N[C@@H]1C(=O)N2C(C(=O)O)=C(C[N+]3(CCNC(=O)c4cc(Cl)c(O)c(O)c4Cl)CCCC3)CS[C@H]12)c1csc(N)n1)C(=O)O. The summed E-state index contributed by atoms with van der Waals surface area (Å²) in [5, 5.41) is 48.7. The van der Waals surface area contributed by atoms with E-state index in [2.05, 4.69) is 20.8 Å². The zero-order valence-electron chi connectivity index (χ0n) is 27.1. The number of quaternary nitrogens is 1. The number of carboxylic acid groups (broad SMARTS) is 2. The second kappa shape index (κ2) is 14.7. The van der Waals surface area contributed by atoms with Gasteiger partial charge in [-0.25, -0.2) is 14.6 Å². The maximum atomic E-state index is 13.5. The lowest BCUT2D eigenvalue weighted by atomic mass is 10.0. The van der Waals surface area contributed by atoms with E-state index < -0.39 is 63.9 Å². The molecule has 8 N–H and O–H groups in total. The Hall–Kier alpha value is -4.30. The maximum absolute atomic E-state index is 13.5. The fraction of sp³-hybridized carbons (Fsp3) is 0.433. The Kier molecular flexibility index (Phi) is 11.0. The molecule has 3 aliphatic rings. The molecule has 2 atom stereocenters. The summed E-state index contributed by atoms with van der Waals surface area (Å²) in [6.45, 7) is 4.74. The summed E-state index contributed by atoms with van der Waals surface area (Å²) in [4.78, 5) is 74.2. The molecule has 0 bridgehead atoms. The van der Waals surface area contributed by atoms with Crippen LogP contribution in [0, 0.1) is 0 Å². The molecule has 0 saturated carbocycles. The van der Waals surface area contributed by atoms with E-state index in [0.717, 1.165) is 35.1 Å². The highest BCUT2D eigenvalue weighted by Crippen LogP contribution is 2.42. The quantitative estimate of drug-likeness (QED) is 0.0504. The number of phenols is 2. The lowest BCUT2D eigenvalue weighted by molar-refractivity contribution is -0.911. The molecule has 0 unspecified atom stereocenters. The molecule has 2 fully saturated rings. The van der Waals surface area contributed by atoms with Crippen LogP contribution in [-0.4, -0.2) is 126 Å². The number of carbonyl (C=O) groups is 5. The van der Waals surface area contributed by atoms with E-state index >= 15 is 0 Å². The highest BCUT2D eigenvalue weighted by molar-refractivity contribution is 8.00. The first-order valence-corrected chi connectivity index (χ1v) is 18.1. The maximum Gasteiger partial charge on any atom is 0.352 e. The molecule has 4 heterocycles. The number of rotatable bonds is 13. The van der Waals surface area contributed by atoms with Crippen molar-refractivity contribution in [1.29, 1.82) is 0 Å². The van der Waals surface area contributed by atoms with E-state index in [4.69, 9.17) is 33.8 Å². The minimum atomic E-state index is -1.80. The second-order valence-corrected chi connectivity index (χ2v) is 15.4. The molecule has 3 aliphatic heterocycles. The number of benzene rings is 1. The number of nitrogens with one attached hydrogen (secondary N) is 2. The van der Waals surface area contributed by atoms with E-state index in [9.17, 15) is 44.4 Å². The second-order valence-electron chi connectivity index (χ2n) is 12.6. The number of aromatic hydroxyl groups is 2. The Morgan fingerprint density at radius 3 is 2.47 bits per heavy atom. The van der Waals surface area contributed by atoms with Crippen LogP contribution in [0.4, 0.5) is 5.13 Å². The van der Waals surface area contributed by atoms with Gasteiger partial charge in [-0.3, -0.25) is 19.3 Å². The zero-order valence-corrected chi connectivity index (χ0v) is 30.3. The number of halogens is 2. The number of aromatic nitrogens is 1. The number of carbonyl (C=O) groups excluding carboxylic acids is 3. The molecule has 0 spiro atoms. The Labute approximate surface area is 308 Å². The first-order valence-electron chi connectivity index (χ1n) is 15.4. The van der Waals surface area contributed by atoms with Crippen molar-refractivity contribution >= 4 is 86.8 Å². The van der Waals surface area contributed by atoms with Crippen LogP contribution >= 0.6 is 46.3 Å². The van der Waals surface area contributed by atoms with Crippen LogP contribution in [-0.2, 0) is 24.0 Å². The van der Waals surface area contributed by atoms with Crippen molar-refractivity contribution in [3.8, 4) is 11.5 Å². The number of fused-ring (bicyclic) bond motifs is 1. The summed E-state index contributed by atoms with van der Waals surface area (Å²) >= 11 is 14.2. The number of anilines is 1. The molecular weight excluding hydrogens is 753 g/mol. The predicted octanol–water partition coefficient (Wildman–Crippen LogP) is 1.81. The number of oxime groups is 1. The number of amides is 3. The van der Waals surface area contributed by atoms with Crippen molar-refractivity contribution in [3.05, 3.63) is 44.0 Å². The van der Waals surface area contributed by atoms with Gasteiger partial charge < -0.3 is 46.1 Å². The highest BCUT2D eigenvalue weighted by atomic mass is 35.5. The molecule has 2 aromatic rings. The molecule has 51 heavy (non-hydrogen) atoms. The smallest absolute Gasteiger partial charge is 0.352 e. The van der Waals surface area contributed by atoms with Gasteiger partial charge in [0.1, 0.15) is 29.4 Å². The van der Waals surface area contributed by atoms with Gasteiger partial charge in [-0.05, 0) is 19.9 Å². The van der Waals surface area contributed by atoms with E-state index in [1.54, 1.807) is 0 Å². The number of phenolic OH excluding ortho intramolecular Hbond substituents is 2. The number of thioether (sulfide) groups is 1. The molecule has 21 heteroatoms. The lowest BCUT2D eigenvalue weighted by Crippen LogP contribution is -2.71. The number of aliphatic carboxylic acids is 2. The largest absolute Gasteiger partial charge is 0.503 e. The number of hydrogen-bond acceptors (Lipinski definition) is 13. The number of nitrogens with two attached hydrogens (primary N) is 1. The van der Waals surface area contributed by atoms with Gasteiger partial charge in [0.05, 0.1) is 41.8 Å². The number of likely N-dealkylation sites (tertiary alicyclic amines) is 1. The lowest BCUT2D eigenvalue weighted by Gasteiger charge is -2.50. The van der Waals surface area contributed by atoms with Crippen LogP contribution in [0.15, 0.2) is 27.9 Å². The van der Waals surface area contributed by atoms with Gasteiger partial charge in [0.15, 0.2) is 22.3 Å². The Balaban J connectivity index is 1.30. The van der Waals surface area contributed by atoms with Gasteiger partial charge in [-0.1, -0.05) is 28.4 Å². The average molecular weight is 788 g/mol. The van der Waals surface area contributed by atoms with Crippen molar-refractivity contribution in [3.63, 3.8) is 0 Å². The number of nitrogens with zero attached hydrogens (tertiary/aromatic N) is 4. The standard InChI is InChI=1S/C30H33Cl2N7O10S2/c1-30(2,28(47)48)49-37-18(16-12-51-29(33)35-16)24(43)36-19-25(44)38-20(27(45)46)13(11-50-26(19)38)10-39(6-3-4-7-39)8-5-34-23(42)14-9-15(31)21(40)22(41)17(14)32/h9,12,19,26H,3-8,10-11H2,1-2H3,(H7-,33,34,35,36,37,40,41,42,43,45,46,47,48)/p+1/t19-,26-/m1/s1. The number of β-lactam (4-membered cyclic amide) rings is 1. The number of hydrogen-bond donors (Lipinski definition) is 7. The molecule has 3 amide bonds. The average Bonchev–Trinajstić information content (AvgIpc) is 3.72. The molecule has 1 aromatic heterocycles. The summed E-state index contributed by atoms with van der Waals surface area (Å²) in [6.07, 6.45) is 1.73. The first-order chi connectivity index (χ1) is 24.0. The third-order valence-corrected chi connectivity index (χ3v) is 11.4. The van der Waals surface area contributed by atoms with Gasteiger partial charge >= 0.3 is 11.9 Å². The van der Waals surface area contributed by atoms with Crippen molar-refractivity contribution in [2.75, 3.05) is 44.2 Å². The summed E-state index contributed by atoms with van der Waals surface area (Å²) < 4.78 is 0.443. The Morgan fingerprint density at radius 2 is 1.86 bits per heavy atom. The third-order valence-electron chi connectivity index (χ3n) is 8.72. The topological polar surface area (TPSA) is 254 Å². The fourth-order valence-corrected chi connectivity index (χ4v) is 8.27. The minimum Gasteiger partial charge on any atom is -0.503 e. The van der Waals surface area contributed by atoms with E-state index in [1.807, 2.05) is 0 Å². The van der Waals surface area contributed by atoms with Crippen LogP contribution in [0.25, 0.3) is 0 Å². The monoisotopic (exact) mass is 786 g/mol. The summed E-state index contributed by atoms with van der Waals surface area (Å²) in [5.74, 6) is -5.95. The van der Waals surface area contributed by atoms with Crippen molar-refractivity contribution in [1.82, 2.24) is 20.5 Å². The molecule has 5 rings (SSSR count). The van der Waals surface area contributed by atoms with Crippen molar-refractivity contribution < 1.29 is 53.7 Å². The molecule has 17 nitrogen and oxygen atoms in total. The van der Waals surface area contributed by atoms with Crippen LogP contribution < -0.4 is 16.4 Å².